The molecule has 0 aromatic heterocycles. The second-order valence-corrected chi connectivity index (χ2v) is 6.68. The fraction of sp³-hybridized carbons (Fsp3) is 0.385. The Kier molecular flexibility index (Phi) is 5.20. The number of aliphatic carboxylic acids is 1. The van der Waals surface area contributed by atoms with Gasteiger partial charge in [0, 0.05) is 14.1 Å². The fourth-order valence-electron chi connectivity index (χ4n) is 1.56. The minimum Gasteiger partial charge on any atom is -0.480 e. The first kappa shape index (κ1) is 16.2. The molecule has 0 aliphatic carbocycles. The van der Waals surface area contributed by atoms with Crippen LogP contribution in [0, 0.1) is 3.57 Å². The molecule has 0 aliphatic heterocycles. The number of hydrogen-bond acceptors (Lipinski definition) is 2. The van der Waals surface area contributed by atoms with Gasteiger partial charge in [-0.05, 0) is 61.6 Å². The minimum absolute atomic E-state index is 0.332. The molecule has 19 heavy (non-hydrogen) atoms. The zero-order valence-electron chi connectivity index (χ0n) is 10.9. The number of hydrogen-bond donors (Lipinski definition) is 1. The Bertz CT molecular complexity index is 511. The van der Waals surface area contributed by atoms with E-state index in [0.717, 1.165) is 3.57 Å². The average Bonchev–Trinajstić information content (AvgIpc) is 2.26. The van der Waals surface area contributed by atoms with Crippen LogP contribution in [0.25, 0.3) is 0 Å². The van der Waals surface area contributed by atoms with Crippen molar-refractivity contribution in [2.24, 2.45) is 0 Å². The number of amides is 1. The van der Waals surface area contributed by atoms with E-state index in [-0.39, 0.29) is 12.5 Å². The van der Waals surface area contributed by atoms with Gasteiger partial charge in [0.2, 0.25) is 0 Å². The lowest BCUT2D eigenvalue weighted by molar-refractivity contribution is -0.138. The lowest BCUT2D eigenvalue weighted by atomic mass is 10.0. The molecule has 0 heterocycles. The Morgan fingerprint density at radius 3 is 2.42 bits per heavy atom. The van der Waals surface area contributed by atoms with E-state index in [2.05, 4.69) is 0 Å². The lowest BCUT2D eigenvalue weighted by Crippen LogP contribution is -2.48. The third kappa shape index (κ3) is 4.35. The second kappa shape index (κ2) is 6.09. The van der Waals surface area contributed by atoms with E-state index in [4.69, 9.17) is 16.7 Å². The van der Waals surface area contributed by atoms with Crippen molar-refractivity contribution in [3.63, 3.8) is 0 Å². The van der Waals surface area contributed by atoms with Crippen LogP contribution in [0.3, 0.4) is 0 Å². The van der Waals surface area contributed by atoms with E-state index in [1.807, 2.05) is 22.6 Å². The van der Waals surface area contributed by atoms with E-state index < -0.39 is 11.5 Å². The van der Waals surface area contributed by atoms with E-state index in [1.54, 1.807) is 39.0 Å². The highest BCUT2D eigenvalue weighted by Gasteiger charge is 2.30. The number of carbonyl (C=O) groups is 2. The lowest BCUT2D eigenvalue weighted by Gasteiger charge is -2.34. The summed E-state index contributed by atoms with van der Waals surface area (Å²) >= 11 is 7.93. The van der Waals surface area contributed by atoms with Gasteiger partial charge in [-0.1, -0.05) is 11.6 Å². The first-order valence-corrected chi connectivity index (χ1v) is 7.07. The molecule has 0 aliphatic rings. The van der Waals surface area contributed by atoms with Gasteiger partial charge in [0.25, 0.3) is 5.91 Å². The maximum Gasteiger partial charge on any atom is 0.323 e. The fourth-order valence-corrected chi connectivity index (χ4v) is 2.29. The molecule has 0 spiro atoms. The van der Waals surface area contributed by atoms with Crippen molar-refractivity contribution in [2.75, 3.05) is 6.54 Å². The number of carboxylic acids is 1. The summed E-state index contributed by atoms with van der Waals surface area (Å²) in [7, 11) is 0. The van der Waals surface area contributed by atoms with Gasteiger partial charge in [-0.3, -0.25) is 9.59 Å². The van der Waals surface area contributed by atoms with Crippen molar-refractivity contribution in [1.29, 1.82) is 0 Å². The van der Waals surface area contributed by atoms with Crippen molar-refractivity contribution >= 4 is 46.1 Å². The summed E-state index contributed by atoms with van der Waals surface area (Å²) in [6.45, 7) is 5.05. The maximum absolute atomic E-state index is 12.5. The Labute approximate surface area is 130 Å². The summed E-state index contributed by atoms with van der Waals surface area (Å²) < 4.78 is 0.742. The Hall–Kier alpha value is -0.820. The van der Waals surface area contributed by atoms with Gasteiger partial charge in [-0.25, -0.2) is 0 Å². The topological polar surface area (TPSA) is 57.6 Å². The quantitative estimate of drug-likeness (QED) is 0.799. The van der Waals surface area contributed by atoms with Crippen LogP contribution in [0.15, 0.2) is 18.2 Å². The van der Waals surface area contributed by atoms with Crippen molar-refractivity contribution < 1.29 is 14.7 Å². The van der Waals surface area contributed by atoms with Crippen molar-refractivity contribution in [2.45, 2.75) is 26.3 Å². The normalized spacial score (nSPS) is 11.2. The summed E-state index contributed by atoms with van der Waals surface area (Å²) in [4.78, 5) is 24.7. The number of halogens is 2. The van der Waals surface area contributed by atoms with Crippen LogP contribution in [-0.4, -0.2) is 34.0 Å². The smallest absolute Gasteiger partial charge is 0.323 e. The molecule has 0 radical (unpaired) electrons. The summed E-state index contributed by atoms with van der Waals surface area (Å²) in [5, 5.41) is 9.40. The molecule has 1 rings (SSSR count). The van der Waals surface area contributed by atoms with E-state index in [0.29, 0.717) is 10.6 Å². The average molecular weight is 396 g/mol. The van der Waals surface area contributed by atoms with Crippen molar-refractivity contribution in [3.8, 4) is 0 Å². The Balaban J connectivity index is 3.19. The molecule has 0 saturated carbocycles. The van der Waals surface area contributed by atoms with Gasteiger partial charge in [-0.2, -0.15) is 0 Å². The monoisotopic (exact) mass is 395 g/mol. The van der Waals surface area contributed by atoms with Crippen LogP contribution in [0.2, 0.25) is 5.02 Å². The molecule has 1 aromatic rings. The molecule has 1 aromatic carbocycles. The number of carbonyl (C=O) groups excluding carboxylic acids is 1. The summed E-state index contributed by atoms with van der Waals surface area (Å²) in [6, 6.07) is 4.99. The molecule has 1 N–H and O–H groups in total. The zero-order chi connectivity index (χ0) is 14.8. The SMILES string of the molecule is CC(C)(C)N(CC(=O)O)C(=O)c1cc(Cl)ccc1I. The molecule has 0 unspecified atom stereocenters. The van der Waals surface area contributed by atoms with Crippen LogP contribution in [0.5, 0.6) is 0 Å². The first-order valence-electron chi connectivity index (χ1n) is 5.61. The second-order valence-electron chi connectivity index (χ2n) is 5.08. The van der Waals surface area contributed by atoms with Gasteiger partial charge in [0.05, 0.1) is 5.56 Å². The zero-order valence-corrected chi connectivity index (χ0v) is 13.8. The van der Waals surface area contributed by atoms with Gasteiger partial charge >= 0.3 is 5.97 Å². The van der Waals surface area contributed by atoms with Crippen LogP contribution in [-0.2, 0) is 4.79 Å². The van der Waals surface area contributed by atoms with E-state index in [1.165, 1.54) is 4.90 Å². The third-order valence-electron chi connectivity index (χ3n) is 2.51. The molecular formula is C13H15ClINO3. The molecule has 0 bridgehead atoms. The number of benzene rings is 1. The predicted octanol–water partition coefficient (Wildman–Crippen LogP) is 3.27. The molecule has 0 atom stereocenters. The van der Waals surface area contributed by atoms with Crippen molar-refractivity contribution in [3.05, 3.63) is 32.4 Å². The standard InChI is InChI=1S/C13H15ClINO3/c1-13(2,3)16(7-11(17)18)12(19)9-6-8(14)4-5-10(9)15/h4-6H,7H2,1-3H3,(H,17,18). The number of carboxylic acid groups (broad SMARTS) is 1. The molecule has 104 valence electrons. The molecule has 0 saturated heterocycles. The Morgan fingerprint density at radius 2 is 1.95 bits per heavy atom. The summed E-state index contributed by atoms with van der Waals surface area (Å²) in [5.74, 6) is -1.37. The van der Waals surface area contributed by atoms with E-state index >= 15 is 0 Å². The van der Waals surface area contributed by atoms with Gasteiger partial charge in [-0.15, -0.1) is 0 Å². The number of rotatable bonds is 3. The maximum atomic E-state index is 12.5. The minimum atomic E-state index is -1.04. The summed E-state index contributed by atoms with van der Waals surface area (Å²) in [5.41, 5.74) is -0.162. The highest BCUT2D eigenvalue weighted by molar-refractivity contribution is 14.1. The number of nitrogens with zero attached hydrogens (tertiary/aromatic N) is 1. The van der Waals surface area contributed by atoms with Gasteiger partial charge in [0.1, 0.15) is 6.54 Å². The third-order valence-corrected chi connectivity index (χ3v) is 3.68. The van der Waals surface area contributed by atoms with Crippen LogP contribution in [0.1, 0.15) is 31.1 Å². The Morgan fingerprint density at radius 1 is 1.37 bits per heavy atom. The molecule has 4 nitrogen and oxygen atoms in total. The van der Waals surface area contributed by atoms with Crippen LogP contribution in [0.4, 0.5) is 0 Å². The van der Waals surface area contributed by atoms with E-state index in [9.17, 15) is 9.59 Å². The highest BCUT2D eigenvalue weighted by atomic mass is 127. The van der Waals surface area contributed by atoms with Gasteiger partial charge in [0.15, 0.2) is 0 Å². The predicted molar refractivity (Wildman–Crippen MR) is 82.6 cm³/mol. The van der Waals surface area contributed by atoms with Crippen LogP contribution < -0.4 is 0 Å². The molecule has 6 heteroatoms. The largest absolute Gasteiger partial charge is 0.480 e. The first-order chi connectivity index (χ1) is 8.62. The summed E-state index contributed by atoms with van der Waals surface area (Å²) in [6.07, 6.45) is 0. The highest BCUT2D eigenvalue weighted by Crippen LogP contribution is 2.23. The molecule has 0 fully saturated rings. The van der Waals surface area contributed by atoms with Gasteiger partial charge < -0.3 is 10.0 Å². The van der Waals surface area contributed by atoms with Crippen LogP contribution >= 0.6 is 34.2 Å². The van der Waals surface area contributed by atoms with Crippen molar-refractivity contribution in [1.82, 2.24) is 4.90 Å². The molecule has 1 amide bonds. The molecular weight excluding hydrogens is 381 g/mol.